The van der Waals surface area contributed by atoms with E-state index in [1.165, 1.54) is 10.5 Å². The van der Waals surface area contributed by atoms with Gasteiger partial charge in [-0.05, 0) is 24.6 Å². The first-order chi connectivity index (χ1) is 9.75. The molecule has 1 heterocycles. The molecule has 2 aromatic rings. The van der Waals surface area contributed by atoms with Gasteiger partial charge in [0.15, 0.2) is 0 Å². The highest BCUT2D eigenvalue weighted by Gasteiger charge is 2.23. The van der Waals surface area contributed by atoms with E-state index in [-0.39, 0.29) is 6.04 Å². The van der Waals surface area contributed by atoms with Gasteiger partial charge < -0.3 is 10.5 Å². The van der Waals surface area contributed by atoms with Crippen molar-refractivity contribution in [1.29, 1.82) is 0 Å². The lowest BCUT2D eigenvalue weighted by Crippen LogP contribution is -2.13. The van der Waals surface area contributed by atoms with Crippen LogP contribution < -0.4 is 10.5 Å². The average molecular weight is 285 g/mol. The van der Waals surface area contributed by atoms with E-state index in [2.05, 4.69) is 24.3 Å². The molecule has 0 saturated heterocycles. The molecule has 1 aliphatic rings. The predicted octanol–water partition coefficient (Wildman–Crippen LogP) is 3.97. The number of rotatable bonds is 4. The maximum Gasteiger partial charge on any atom is 0.124 e. The quantitative estimate of drug-likeness (QED) is 0.923. The van der Waals surface area contributed by atoms with Crippen LogP contribution in [0, 0.1) is 0 Å². The van der Waals surface area contributed by atoms with E-state index in [0.29, 0.717) is 12.5 Å². The Morgan fingerprint density at radius 1 is 1.20 bits per heavy atom. The first-order valence-corrected chi connectivity index (χ1v) is 7.93. The van der Waals surface area contributed by atoms with E-state index in [4.69, 9.17) is 10.5 Å². The summed E-state index contributed by atoms with van der Waals surface area (Å²) in [6, 6.07) is 16.6. The number of fused-ring (bicyclic) bond motifs is 1. The van der Waals surface area contributed by atoms with Gasteiger partial charge in [0, 0.05) is 28.2 Å². The molecular weight excluding hydrogens is 266 g/mol. The molecule has 0 aliphatic carbocycles. The summed E-state index contributed by atoms with van der Waals surface area (Å²) in [5, 5.41) is 0. The highest BCUT2D eigenvalue weighted by atomic mass is 32.2. The van der Waals surface area contributed by atoms with Crippen LogP contribution in [0.2, 0.25) is 0 Å². The highest BCUT2D eigenvalue weighted by molar-refractivity contribution is 7.99. The molecule has 2 unspecified atom stereocenters. The number of ether oxygens (including phenoxy) is 1. The third-order valence-corrected chi connectivity index (χ3v) is 4.90. The van der Waals surface area contributed by atoms with E-state index in [9.17, 15) is 0 Å². The van der Waals surface area contributed by atoms with Crippen molar-refractivity contribution < 1.29 is 4.74 Å². The molecule has 0 bridgehead atoms. The minimum atomic E-state index is -0.00330. The van der Waals surface area contributed by atoms with Gasteiger partial charge in [-0.25, -0.2) is 0 Å². The van der Waals surface area contributed by atoms with Crippen LogP contribution in [0.15, 0.2) is 53.4 Å². The van der Waals surface area contributed by atoms with Gasteiger partial charge in [-0.3, -0.25) is 0 Å². The van der Waals surface area contributed by atoms with Crippen LogP contribution in [-0.2, 0) is 0 Å². The number of para-hydroxylation sites is 1. The third-order valence-electron chi connectivity index (χ3n) is 3.65. The second-order valence-corrected chi connectivity index (χ2v) is 6.25. The second kappa shape index (κ2) is 5.90. The first kappa shape index (κ1) is 13.5. The fourth-order valence-electron chi connectivity index (χ4n) is 2.55. The highest BCUT2D eigenvalue weighted by Crippen LogP contribution is 2.39. The molecule has 2 N–H and O–H groups in total. The monoisotopic (exact) mass is 285 g/mol. The number of hydrogen-bond donors (Lipinski definition) is 1. The largest absolute Gasteiger partial charge is 0.493 e. The van der Waals surface area contributed by atoms with Crippen molar-refractivity contribution in [2.24, 2.45) is 5.73 Å². The zero-order chi connectivity index (χ0) is 13.9. The van der Waals surface area contributed by atoms with Crippen LogP contribution in [0.4, 0.5) is 0 Å². The Morgan fingerprint density at radius 2 is 1.95 bits per heavy atom. The van der Waals surface area contributed by atoms with Crippen molar-refractivity contribution in [2.45, 2.75) is 23.8 Å². The minimum Gasteiger partial charge on any atom is -0.493 e. The Bertz CT molecular complexity index is 597. The molecule has 2 aromatic carbocycles. The van der Waals surface area contributed by atoms with E-state index in [1.54, 1.807) is 0 Å². The topological polar surface area (TPSA) is 35.2 Å². The summed E-state index contributed by atoms with van der Waals surface area (Å²) < 4.78 is 6.05. The summed E-state index contributed by atoms with van der Waals surface area (Å²) in [7, 11) is 0. The van der Waals surface area contributed by atoms with E-state index in [0.717, 1.165) is 17.1 Å². The number of thioether (sulfide) groups is 1. The molecule has 0 spiro atoms. The van der Waals surface area contributed by atoms with Crippen molar-refractivity contribution in [3.05, 3.63) is 59.7 Å². The summed E-state index contributed by atoms with van der Waals surface area (Å²) >= 11 is 1.92. The zero-order valence-electron chi connectivity index (χ0n) is 11.6. The fourth-order valence-corrected chi connectivity index (χ4v) is 3.78. The Kier molecular flexibility index (Phi) is 3.99. The predicted molar refractivity (Wildman–Crippen MR) is 84.4 cm³/mol. The van der Waals surface area contributed by atoms with Crippen LogP contribution in [-0.4, -0.2) is 12.4 Å². The van der Waals surface area contributed by atoms with E-state index in [1.807, 2.05) is 43.0 Å². The van der Waals surface area contributed by atoms with Crippen LogP contribution in [0.3, 0.4) is 0 Å². The van der Waals surface area contributed by atoms with Gasteiger partial charge >= 0.3 is 0 Å². The lowest BCUT2D eigenvalue weighted by molar-refractivity contribution is 0.294. The molecule has 20 heavy (non-hydrogen) atoms. The van der Waals surface area contributed by atoms with Crippen LogP contribution in [0.1, 0.15) is 30.0 Å². The van der Waals surface area contributed by atoms with Crippen LogP contribution >= 0.6 is 11.8 Å². The van der Waals surface area contributed by atoms with E-state index < -0.39 is 0 Å². The van der Waals surface area contributed by atoms with Crippen molar-refractivity contribution >= 4 is 11.8 Å². The zero-order valence-corrected chi connectivity index (χ0v) is 12.4. The molecule has 3 rings (SSSR count). The standard InChI is InChI=1S/C17H19NOS/c1-12(18)14-6-2-4-8-16(14)19-10-13-11-20-17-9-5-3-7-15(13)17/h2-9,12-13H,10-11,18H2,1H3. The van der Waals surface area contributed by atoms with Crippen molar-refractivity contribution in [3.63, 3.8) is 0 Å². The molecule has 3 heteroatoms. The number of nitrogens with two attached hydrogens (primary N) is 1. The molecule has 104 valence electrons. The van der Waals surface area contributed by atoms with E-state index >= 15 is 0 Å². The van der Waals surface area contributed by atoms with Gasteiger partial charge in [0.25, 0.3) is 0 Å². The summed E-state index contributed by atoms with van der Waals surface area (Å²) in [5.74, 6) is 2.48. The molecular formula is C17H19NOS. The smallest absolute Gasteiger partial charge is 0.124 e. The van der Waals surface area contributed by atoms with Gasteiger partial charge in [-0.15, -0.1) is 11.8 Å². The van der Waals surface area contributed by atoms with Crippen molar-refractivity contribution in [3.8, 4) is 5.75 Å². The molecule has 0 aromatic heterocycles. The second-order valence-electron chi connectivity index (χ2n) is 5.18. The average Bonchev–Trinajstić information content (AvgIpc) is 2.88. The molecule has 2 atom stereocenters. The number of benzene rings is 2. The fraction of sp³-hybridized carbons (Fsp3) is 0.294. The summed E-state index contributed by atoms with van der Waals surface area (Å²) in [6.45, 7) is 2.71. The Morgan fingerprint density at radius 3 is 2.80 bits per heavy atom. The van der Waals surface area contributed by atoms with Crippen LogP contribution in [0.25, 0.3) is 0 Å². The van der Waals surface area contributed by atoms with Gasteiger partial charge in [0.1, 0.15) is 5.75 Å². The van der Waals surface area contributed by atoms with Gasteiger partial charge in [0.05, 0.1) is 6.61 Å². The summed E-state index contributed by atoms with van der Waals surface area (Å²) in [5.41, 5.74) is 8.48. The Hall–Kier alpha value is -1.45. The van der Waals surface area contributed by atoms with Gasteiger partial charge in [0.2, 0.25) is 0 Å². The molecule has 1 aliphatic heterocycles. The number of hydrogen-bond acceptors (Lipinski definition) is 3. The van der Waals surface area contributed by atoms with Crippen LogP contribution in [0.5, 0.6) is 5.75 Å². The first-order valence-electron chi connectivity index (χ1n) is 6.94. The Balaban J connectivity index is 1.72. The molecule has 2 nitrogen and oxygen atoms in total. The molecule has 0 fully saturated rings. The SMILES string of the molecule is CC(N)c1ccccc1OCC1CSc2ccccc21. The van der Waals surface area contributed by atoms with Gasteiger partial charge in [-0.1, -0.05) is 36.4 Å². The third kappa shape index (κ3) is 2.69. The maximum absolute atomic E-state index is 6.05. The normalized spacial score (nSPS) is 18.6. The lowest BCUT2D eigenvalue weighted by Gasteiger charge is -2.17. The lowest BCUT2D eigenvalue weighted by atomic mass is 10.0. The molecule has 0 radical (unpaired) electrons. The summed E-state index contributed by atoms with van der Waals surface area (Å²) in [6.07, 6.45) is 0. The molecule has 0 amide bonds. The van der Waals surface area contributed by atoms with Crippen molar-refractivity contribution in [1.82, 2.24) is 0 Å². The molecule has 0 saturated carbocycles. The summed E-state index contributed by atoms with van der Waals surface area (Å²) in [4.78, 5) is 1.39. The van der Waals surface area contributed by atoms with Gasteiger partial charge in [-0.2, -0.15) is 0 Å². The maximum atomic E-state index is 6.05. The minimum absolute atomic E-state index is 0.00330. The van der Waals surface area contributed by atoms with Crippen molar-refractivity contribution in [2.75, 3.05) is 12.4 Å². The Labute approximate surface area is 124 Å².